The van der Waals surface area contributed by atoms with Gasteiger partial charge in [0.1, 0.15) is 0 Å². The Morgan fingerprint density at radius 1 is 1.55 bits per heavy atom. The van der Waals surface area contributed by atoms with Gasteiger partial charge >= 0.3 is 5.97 Å². The van der Waals surface area contributed by atoms with Gasteiger partial charge in [-0.3, -0.25) is 4.79 Å². The fraction of sp³-hybridized carbons (Fsp3) is 0.778. The molecule has 0 saturated heterocycles. The molecule has 2 heteroatoms. The summed E-state index contributed by atoms with van der Waals surface area (Å²) in [6, 6.07) is 0. The van der Waals surface area contributed by atoms with Crippen LogP contribution in [0.5, 0.6) is 0 Å². The zero-order valence-corrected chi connectivity index (χ0v) is 7.01. The maximum absolute atomic E-state index is 10.5. The third kappa shape index (κ3) is 3.40. The lowest BCUT2D eigenvalue weighted by molar-refractivity contribution is -0.142. The molecule has 0 heterocycles. The number of hydrogen-bond donors (Lipinski definition) is 0. The van der Waals surface area contributed by atoms with Crippen LogP contribution in [0.4, 0.5) is 0 Å². The van der Waals surface area contributed by atoms with E-state index in [2.05, 4.69) is 6.42 Å². The molecule has 0 aromatic heterocycles. The average molecular weight is 155 g/mol. The zero-order chi connectivity index (χ0) is 8.10. The van der Waals surface area contributed by atoms with E-state index in [1.165, 1.54) is 32.6 Å². The van der Waals surface area contributed by atoms with Gasteiger partial charge in [0, 0.05) is 6.92 Å². The lowest BCUT2D eigenvalue weighted by atomic mass is 9.90. The van der Waals surface area contributed by atoms with Gasteiger partial charge in [-0.15, -0.1) is 0 Å². The van der Waals surface area contributed by atoms with Crippen molar-refractivity contribution in [1.82, 2.24) is 0 Å². The molecule has 0 atom stereocenters. The molecule has 0 aromatic carbocycles. The van der Waals surface area contributed by atoms with Gasteiger partial charge in [-0.25, -0.2) is 0 Å². The number of ether oxygens (including phenoxy) is 1. The summed E-state index contributed by atoms with van der Waals surface area (Å²) in [4.78, 5) is 10.5. The molecule has 0 N–H and O–H groups in total. The first-order valence-electron chi connectivity index (χ1n) is 4.24. The summed E-state index contributed by atoms with van der Waals surface area (Å²) in [7, 11) is 0. The molecule has 0 unspecified atom stereocenters. The molecule has 1 saturated carbocycles. The molecule has 0 aromatic rings. The molecule has 1 radical (unpaired) electrons. The van der Waals surface area contributed by atoms with Gasteiger partial charge < -0.3 is 4.74 Å². The Morgan fingerprint density at radius 2 is 2.18 bits per heavy atom. The van der Waals surface area contributed by atoms with Crippen LogP contribution in [0, 0.1) is 12.3 Å². The maximum atomic E-state index is 10.5. The number of esters is 1. The van der Waals surface area contributed by atoms with Gasteiger partial charge in [-0.1, -0.05) is 0 Å². The largest absolute Gasteiger partial charge is 0.466 e. The van der Waals surface area contributed by atoms with Crippen LogP contribution in [0.15, 0.2) is 0 Å². The normalized spacial score (nSPS) is 19.7. The van der Waals surface area contributed by atoms with Crippen molar-refractivity contribution < 1.29 is 9.53 Å². The SMILES string of the molecule is CC(=O)OCC1CC[CH]CC1. The summed E-state index contributed by atoms with van der Waals surface area (Å²) in [5.74, 6) is 0.462. The highest BCUT2D eigenvalue weighted by Crippen LogP contribution is 2.22. The first-order chi connectivity index (χ1) is 5.29. The van der Waals surface area contributed by atoms with Crippen molar-refractivity contribution in [2.75, 3.05) is 6.61 Å². The van der Waals surface area contributed by atoms with Crippen molar-refractivity contribution in [3.63, 3.8) is 0 Å². The van der Waals surface area contributed by atoms with E-state index in [0.29, 0.717) is 12.5 Å². The van der Waals surface area contributed by atoms with Crippen molar-refractivity contribution in [2.45, 2.75) is 32.6 Å². The van der Waals surface area contributed by atoms with Gasteiger partial charge in [-0.05, 0) is 38.0 Å². The Bertz CT molecular complexity index is 126. The first-order valence-corrected chi connectivity index (χ1v) is 4.24. The summed E-state index contributed by atoms with van der Waals surface area (Å²) in [6.45, 7) is 2.10. The second-order valence-electron chi connectivity index (χ2n) is 3.11. The Hall–Kier alpha value is -0.530. The number of rotatable bonds is 2. The molecular formula is C9H15O2. The second kappa shape index (κ2) is 4.37. The molecule has 1 aliphatic carbocycles. The lowest BCUT2D eigenvalue weighted by Crippen LogP contribution is -2.15. The second-order valence-corrected chi connectivity index (χ2v) is 3.11. The topological polar surface area (TPSA) is 26.3 Å². The number of hydrogen-bond acceptors (Lipinski definition) is 2. The van der Waals surface area contributed by atoms with Crippen LogP contribution in [-0.2, 0) is 9.53 Å². The van der Waals surface area contributed by atoms with Crippen LogP contribution in [0.3, 0.4) is 0 Å². The number of carbonyl (C=O) groups is 1. The molecule has 2 nitrogen and oxygen atoms in total. The highest BCUT2D eigenvalue weighted by Gasteiger charge is 2.14. The van der Waals surface area contributed by atoms with Crippen LogP contribution < -0.4 is 0 Å². The highest BCUT2D eigenvalue weighted by atomic mass is 16.5. The minimum Gasteiger partial charge on any atom is -0.466 e. The minimum absolute atomic E-state index is 0.153. The van der Waals surface area contributed by atoms with Gasteiger partial charge in [0.2, 0.25) is 0 Å². The Labute approximate surface area is 67.9 Å². The van der Waals surface area contributed by atoms with Crippen molar-refractivity contribution in [1.29, 1.82) is 0 Å². The van der Waals surface area contributed by atoms with E-state index in [-0.39, 0.29) is 5.97 Å². The zero-order valence-electron chi connectivity index (χ0n) is 7.01. The van der Waals surface area contributed by atoms with E-state index in [1.54, 1.807) is 0 Å². The summed E-state index contributed by atoms with van der Waals surface area (Å²) in [5.41, 5.74) is 0. The van der Waals surface area contributed by atoms with Gasteiger partial charge in [0.05, 0.1) is 6.61 Å². The molecule has 63 valence electrons. The molecule has 1 fully saturated rings. The molecule has 1 aliphatic rings. The predicted octanol–water partition coefficient (Wildman–Crippen LogP) is 1.94. The van der Waals surface area contributed by atoms with Gasteiger partial charge in [-0.2, -0.15) is 0 Å². The van der Waals surface area contributed by atoms with Crippen molar-refractivity contribution in [3.8, 4) is 0 Å². The molecule has 1 rings (SSSR count). The third-order valence-corrected chi connectivity index (χ3v) is 2.08. The smallest absolute Gasteiger partial charge is 0.302 e. The van der Waals surface area contributed by atoms with Crippen LogP contribution in [0.2, 0.25) is 0 Å². The Kier molecular flexibility index (Phi) is 3.40. The van der Waals surface area contributed by atoms with Crippen LogP contribution in [0.1, 0.15) is 32.6 Å². The maximum Gasteiger partial charge on any atom is 0.302 e. The number of carbonyl (C=O) groups excluding carboxylic acids is 1. The summed E-state index contributed by atoms with van der Waals surface area (Å²) in [5, 5.41) is 0. The van der Waals surface area contributed by atoms with E-state index in [4.69, 9.17) is 4.74 Å². The molecule has 0 aliphatic heterocycles. The Balaban J connectivity index is 2.09. The van der Waals surface area contributed by atoms with Crippen molar-refractivity contribution >= 4 is 5.97 Å². The quantitative estimate of drug-likeness (QED) is 0.570. The van der Waals surface area contributed by atoms with Crippen molar-refractivity contribution in [3.05, 3.63) is 6.42 Å². The lowest BCUT2D eigenvalue weighted by Gasteiger charge is -2.20. The van der Waals surface area contributed by atoms with E-state index in [0.717, 1.165) is 0 Å². The minimum atomic E-state index is -0.153. The highest BCUT2D eigenvalue weighted by molar-refractivity contribution is 5.65. The summed E-state index contributed by atoms with van der Waals surface area (Å²) < 4.78 is 4.93. The summed E-state index contributed by atoms with van der Waals surface area (Å²) in [6.07, 6.45) is 7.06. The van der Waals surface area contributed by atoms with Crippen LogP contribution in [-0.4, -0.2) is 12.6 Å². The molecular weight excluding hydrogens is 140 g/mol. The molecule has 11 heavy (non-hydrogen) atoms. The van der Waals surface area contributed by atoms with E-state index in [1.807, 2.05) is 0 Å². The van der Waals surface area contributed by atoms with Crippen LogP contribution in [0.25, 0.3) is 0 Å². The standard InChI is InChI=1S/C9H15O2/c1-8(10)11-7-9-5-3-2-4-6-9/h2,9H,3-7H2,1H3. The van der Waals surface area contributed by atoms with E-state index >= 15 is 0 Å². The monoisotopic (exact) mass is 155 g/mol. The fourth-order valence-corrected chi connectivity index (χ4v) is 1.40. The average Bonchev–Trinajstić information content (AvgIpc) is 2.03. The fourth-order valence-electron chi connectivity index (χ4n) is 1.40. The first kappa shape index (κ1) is 8.57. The van der Waals surface area contributed by atoms with Gasteiger partial charge in [0.15, 0.2) is 0 Å². The molecule has 0 bridgehead atoms. The van der Waals surface area contributed by atoms with E-state index < -0.39 is 0 Å². The predicted molar refractivity (Wildman–Crippen MR) is 42.9 cm³/mol. The van der Waals surface area contributed by atoms with E-state index in [9.17, 15) is 4.79 Å². The van der Waals surface area contributed by atoms with Crippen molar-refractivity contribution in [2.24, 2.45) is 5.92 Å². The molecule has 0 amide bonds. The summed E-state index contributed by atoms with van der Waals surface area (Å²) >= 11 is 0. The van der Waals surface area contributed by atoms with Crippen LogP contribution >= 0.6 is 0 Å². The van der Waals surface area contributed by atoms with Gasteiger partial charge in [0.25, 0.3) is 0 Å². The third-order valence-electron chi connectivity index (χ3n) is 2.08. The Morgan fingerprint density at radius 3 is 2.73 bits per heavy atom. The molecule has 0 spiro atoms.